The Balaban J connectivity index is 1.73. The van der Waals surface area contributed by atoms with Crippen molar-refractivity contribution in [1.29, 1.82) is 0 Å². The first-order valence-corrected chi connectivity index (χ1v) is 10.00. The van der Waals surface area contributed by atoms with Crippen LogP contribution in [0.5, 0.6) is 0 Å². The van der Waals surface area contributed by atoms with Gasteiger partial charge in [0.1, 0.15) is 15.6 Å². The first-order valence-electron chi connectivity index (χ1n) is 7.63. The summed E-state index contributed by atoms with van der Waals surface area (Å²) in [5.74, 6) is 1.69. The van der Waals surface area contributed by atoms with Gasteiger partial charge in [-0.05, 0) is 48.4 Å². The number of furan rings is 1. The van der Waals surface area contributed by atoms with Gasteiger partial charge < -0.3 is 4.42 Å². The van der Waals surface area contributed by atoms with Crippen LogP contribution in [0, 0.1) is 5.92 Å². The van der Waals surface area contributed by atoms with Gasteiger partial charge in [-0.3, -0.25) is 4.72 Å². The smallest absolute Gasteiger partial charge is 0.271 e. The zero-order valence-electron chi connectivity index (χ0n) is 12.7. The molecule has 1 aromatic carbocycles. The molecule has 0 saturated heterocycles. The molecule has 0 spiro atoms. The van der Waals surface area contributed by atoms with Crippen LogP contribution in [0.2, 0.25) is 0 Å². The lowest BCUT2D eigenvalue weighted by Gasteiger charge is -2.16. The number of nitrogens with one attached hydrogen (secondary N) is 1. The fourth-order valence-corrected chi connectivity index (χ4v) is 5.18. The number of sulfonamides is 1. The fourth-order valence-electron chi connectivity index (χ4n) is 3.14. The van der Waals surface area contributed by atoms with Crippen LogP contribution in [0.15, 0.2) is 44.3 Å². The van der Waals surface area contributed by atoms with Crippen LogP contribution in [0.4, 0.5) is 5.69 Å². The van der Waals surface area contributed by atoms with Crippen molar-refractivity contribution in [1.82, 2.24) is 0 Å². The highest BCUT2D eigenvalue weighted by molar-refractivity contribution is 7.94. The third-order valence-corrected chi connectivity index (χ3v) is 7.08. The molecule has 2 aromatic heterocycles. The minimum absolute atomic E-state index is 0.320. The van der Waals surface area contributed by atoms with E-state index in [1.54, 1.807) is 23.6 Å². The van der Waals surface area contributed by atoms with Crippen LogP contribution in [0.3, 0.4) is 0 Å². The Hall–Kier alpha value is -1.79. The van der Waals surface area contributed by atoms with Crippen molar-refractivity contribution in [2.24, 2.45) is 5.92 Å². The topological polar surface area (TPSA) is 59.3 Å². The monoisotopic (exact) mass is 347 g/mol. The number of thiophene rings is 1. The van der Waals surface area contributed by atoms with Crippen LogP contribution in [0.1, 0.15) is 24.7 Å². The van der Waals surface area contributed by atoms with Crippen LogP contribution in [-0.4, -0.2) is 8.42 Å². The van der Waals surface area contributed by atoms with Gasteiger partial charge in [0.25, 0.3) is 10.0 Å². The second kappa shape index (κ2) is 5.39. The number of benzene rings is 1. The first kappa shape index (κ1) is 14.8. The van der Waals surface area contributed by atoms with Gasteiger partial charge in [-0.2, -0.15) is 0 Å². The van der Waals surface area contributed by atoms with Crippen molar-refractivity contribution in [2.75, 3.05) is 4.72 Å². The largest absolute Gasteiger partial charge is 0.461 e. The molecule has 4 rings (SSSR count). The Morgan fingerprint density at radius 3 is 2.96 bits per heavy atom. The summed E-state index contributed by atoms with van der Waals surface area (Å²) in [6.45, 7) is 2.24. The maximum absolute atomic E-state index is 12.4. The Labute approximate surface area is 139 Å². The summed E-state index contributed by atoms with van der Waals surface area (Å²) in [4.78, 5) is 0. The quantitative estimate of drug-likeness (QED) is 0.763. The standard InChI is InChI=1S/C17H17NO3S2/c1-11-4-6-15-13(9-11)14-10-12(5-7-16(14)21-15)18-23(19,20)17-3-2-8-22-17/h2-3,5,7-8,10-11,18H,4,6,9H2,1H3. The Morgan fingerprint density at radius 1 is 1.30 bits per heavy atom. The molecule has 1 aliphatic rings. The Bertz CT molecular complexity index is 955. The summed E-state index contributed by atoms with van der Waals surface area (Å²) < 4.78 is 33.6. The number of rotatable bonds is 3. The number of aryl methyl sites for hydroxylation is 1. The van der Waals surface area contributed by atoms with E-state index in [-0.39, 0.29) is 0 Å². The second-order valence-electron chi connectivity index (χ2n) is 6.10. The predicted molar refractivity (Wildman–Crippen MR) is 92.5 cm³/mol. The molecule has 4 nitrogen and oxygen atoms in total. The van der Waals surface area contributed by atoms with Crippen LogP contribution < -0.4 is 4.72 Å². The predicted octanol–water partition coefficient (Wildman–Crippen LogP) is 4.42. The number of fused-ring (bicyclic) bond motifs is 3. The normalized spacial score (nSPS) is 18.0. The van der Waals surface area contributed by atoms with Gasteiger partial charge in [-0.15, -0.1) is 11.3 Å². The third-order valence-electron chi connectivity index (χ3n) is 4.30. The number of hydrogen-bond acceptors (Lipinski definition) is 4. The average molecular weight is 347 g/mol. The summed E-state index contributed by atoms with van der Waals surface area (Å²) in [6, 6.07) is 8.83. The molecule has 1 unspecified atom stereocenters. The molecule has 1 aliphatic carbocycles. The summed E-state index contributed by atoms with van der Waals surface area (Å²) in [7, 11) is -3.52. The molecule has 2 heterocycles. The Morgan fingerprint density at radius 2 is 2.17 bits per heavy atom. The lowest BCUT2D eigenvalue weighted by molar-refractivity contribution is 0.438. The van der Waals surface area contributed by atoms with Gasteiger partial charge in [-0.25, -0.2) is 8.42 Å². The molecular weight excluding hydrogens is 330 g/mol. The molecule has 6 heteroatoms. The van der Waals surface area contributed by atoms with Gasteiger partial charge in [0.2, 0.25) is 0 Å². The van der Waals surface area contributed by atoms with Crippen molar-refractivity contribution in [3.8, 4) is 0 Å². The molecule has 3 aromatic rings. The van der Waals surface area contributed by atoms with E-state index in [4.69, 9.17) is 4.42 Å². The molecule has 0 bridgehead atoms. The van der Waals surface area contributed by atoms with E-state index < -0.39 is 10.0 Å². The number of anilines is 1. The lowest BCUT2D eigenvalue weighted by Crippen LogP contribution is -2.11. The SMILES string of the molecule is CC1CCc2oc3ccc(NS(=O)(=O)c4cccs4)cc3c2C1. The minimum atomic E-state index is -3.52. The van der Waals surface area contributed by atoms with Crippen molar-refractivity contribution in [3.05, 3.63) is 47.0 Å². The summed E-state index contributed by atoms with van der Waals surface area (Å²) in [5, 5.41) is 2.78. The van der Waals surface area contributed by atoms with E-state index in [0.717, 1.165) is 36.0 Å². The van der Waals surface area contributed by atoms with E-state index in [1.807, 2.05) is 12.1 Å². The van der Waals surface area contributed by atoms with Crippen LogP contribution >= 0.6 is 11.3 Å². The number of hydrogen-bond donors (Lipinski definition) is 1. The van der Waals surface area contributed by atoms with Gasteiger partial charge in [0, 0.05) is 23.1 Å². The van der Waals surface area contributed by atoms with E-state index in [2.05, 4.69) is 11.6 Å². The third kappa shape index (κ3) is 2.66. The molecule has 1 N–H and O–H groups in total. The fraction of sp³-hybridized carbons (Fsp3) is 0.294. The first-order chi connectivity index (χ1) is 11.0. The zero-order chi connectivity index (χ0) is 16.0. The van der Waals surface area contributed by atoms with Gasteiger partial charge in [-0.1, -0.05) is 13.0 Å². The summed E-state index contributed by atoms with van der Waals surface area (Å²) >= 11 is 1.21. The second-order valence-corrected chi connectivity index (χ2v) is 8.96. The van der Waals surface area contributed by atoms with Crippen molar-refractivity contribution in [2.45, 2.75) is 30.4 Å². The van der Waals surface area contributed by atoms with Crippen molar-refractivity contribution in [3.63, 3.8) is 0 Å². The molecule has 0 radical (unpaired) electrons. The lowest BCUT2D eigenvalue weighted by atomic mass is 9.88. The highest BCUT2D eigenvalue weighted by Gasteiger charge is 2.22. The van der Waals surface area contributed by atoms with Gasteiger partial charge in [0.05, 0.1) is 0 Å². The highest BCUT2D eigenvalue weighted by Crippen LogP contribution is 2.35. The van der Waals surface area contributed by atoms with E-state index in [9.17, 15) is 8.42 Å². The Kier molecular flexibility index (Phi) is 3.46. The molecule has 23 heavy (non-hydrogen) atoms. The molecule has 120 valence electrons. The average Bonchev–Trinajstić information content (AvgIpc) is 3.15. The van der Waals surface area contributed by atoms with E-state index >= 15 is 0 Å². The van der Waals surface area contributed by atoms with Crippen LogP contribution in [0.25, 0.3) is 11.0 Å². The molecule has 0 amide bonds. The summed E-state index contributed by atoms with van der Waals surface area (Å²) in [6.07, 6.45) is 3.09. The van der Waals surface area contributed by atoms with E-state index in [1.165, 1.54) is 16.9 Å². The maximum atomic E-state index is 12.4. The maximum Gasteiger partial charge on any atom is 0.271 e. The molecular formula is C17H17NO3S2. The molecule has 1 atom stereocenters. The van der Waals surface area contributed by atoms with Gasteiger partial charge in [0.15, 0.2) is 0 Å². The molecule has 0 saturated carbocycles. The zero-order valence-corrected chi connectivity index (χ0v) is 14.3. The highest BCUT2D eigenvalue weighted by atomic mass is 32.2. The van der Waals surface area contributed by atoms with Crippen molar-refractivity contribution >= 4 is 38.0 Å². The summed E-state index contributed by atoms with van der Waals surface area (Å²) in [5.41, 5.74) is 2.65. The van der Waals surface area contributed by atoms with E-state index in [0.29, 0.717) is 15.8 Å². The molecule has 0 aliphatic heterocycles. The van der Waals surface area contributed by atoms with Crippen molar-refractivity contribution < 1.29 is 12.8 Å². The van der Waals surface area contributed by atoms with Gasteiger partial charge >= 0.3 is 0 Å². The minimum Gasteiger partial charge on any atom is -0.461 e. The van der Waals surface area contributed by atoms with Crippen LogP contribution in [-0.2, 0) is 22.9 Å². The molecule has 0 fully saturated rings.